The van der Waals surface area contributed by atoms with Gasteiger partial charge in [0.1, 0.15) is 17.4 Å². The standard InChI is InChI=1S/C29H25ClF2N4O3S/c1-16-5-8-19(9-6-16)36-25(29(2,3)18-7-10-21(30)24(13-18)38-4)14-33-27(36)40-15-20-22(31)11-17(12-23(20)32)26-34-28(37)39-35-26/h5-14H,15H2,1-4H3,(H,34,35,37). The Bertz CT molecular complexity index is 1720. The largest absolute Gasteiger partial charge is 0.495 e. The molecule has 1 N–H and O–H groups in total. The van der Waals surface area contributed by atoms with Gasteiger partial charge in [-0.15, -0.1) is 0 Å². The third-order valence-corrected chi connectivity index (χ3v) is 8.03. The van der Waals surface area contributed by atoms with E-state index in [0.29, 0.717) is 15.9 Å². The number of hydrogen-bond acceptors (Lipinski definition) is 6. The van der Waals surface area contributed by atoms with E-state index in [1.165, 1.54) is 11.8 Å². The van der Waals surface area contributed by atoms with Crippen molar-refractivity contribution in [2.45, 2.75) is 37.1 Å². The Morgan fingerprint density at radius 3 is 2.42 bits per heavy atom. The molecule has 0 atom stereocenters. The lowest BCUT2D eigenvalue weighted by Crippen LogP contribution is -2.23. The number of halogens is 3. The maximum Gasteiger partial charge on any atom is 0.439 e. The fourth-order valence-electron chi connectivity index (χ4n) is 4.39. The first-order valence-electron chi connectivity index (χ1n) is 12.2. The van der Waals surface area contributed by atoms with E-state index in [1.54, 1.807) is 19.4 Å². The maximum absolute atomic E-state index is 15.0. The zero-order valence-electron chi connectivity index (χ0n) is 22.1. The first kappa shape index (κ1) is 27.7. The zero-order chi connectivity index (χ0) is 28.6. The molecule has 0 unspecified atom stereocenters. The van der Waals surface area contributed by atoms with Crippen molar-refractivity contribution in [1.29, 1.82) is 0 Å². The molecule has 40 heavy (non-hydrogen) atoms. The molecule has 0 bridgehead atoms. The van der Waals surface area contributed by atoms with E-state index in [-0.39, 0.29) is 22.7 Å². The highest BCUT2D eigenvalue weighted by atomic mass is 35.5. The van der Waals surface area contributed by atoms with Crippen molar-refractivity contribution >= 4 is 23.4 Å². The van der Waals surface area contributed by atoms with Gasteiger partial charge in [-0.3, -0.25) is 14.1 Å². The summed E-state index contributed by atoms with van der Waals surface area (Å²) in [6.45, 7) is 6.14. The first-order chi connectivity index (χ1) is 19.1. The minimum Gasteiger partial charge on any atom is -0.495 e. The van der Waals surface area contributed by atoms with Crippen molar-refractivity contribution in [2.24, 2.45) is 0 Å². The minimum absolute atomic E-state index is 0.0230. The van der Waals surface area contributed by atoms with Gasteiger partial charge in [0.25, 0.3) is 0 Å². The molecule has 0 spiro atoms. The van der Waals surface area contributed by atoms with Crippen molar-refractivity contribution in [3.63, 3.8) is 0 Å². The van der Waals surface area contributed by atoms with Crippen LogP contribution in [-0.2, 0) is 11.2 Å². The van der Waals surface area contributed by atoms with Crippen molar-refractivity contribution < 1.29 is 18.0 Å². The topological polar surface area (TPSA) is 85.9 Å². The smallest absolute Gasteiger partial charge is 0.439 e. The highest BCUT2D eigenvalue weighted by Gasteiger charge is 2.30. The minimum atomic E-state index is -0.811. The normalized spacial score (nSPS) is 11.7. The van der Waals surface area contributed by atoms with Crippen molar-refractivity contribution in [3.8, 4) is 22.8 Å². The Labute approximate surface area is 238 Å². The van der Waals surface area contributed by atoms with Crippen LogP contribution in [0.3, 0.4) is 0 Å². The average molecular weight is 583 g/mol. The van der Waals surface area contributed by atoms with E-state index >= 15 is 8.78 Å². The van der Waals surface area contributed by atoms with E-state index in [9.17, 15) is 4.79 Å². The van der Waals surface area contributed by atoms with Crippen LogP contribution >= 0.6 is 23.4 Å². The number of nitrogens with one attached hydrogen (secondary N) is 1. The lowest BCUT2D eigenvalue weighted by atomic mass is 9.81. The predicted octanol–water partition coefficient (Wildman–Crippen LogP) is 7.08. The van der Waals surface area contributed by atoms with Gasteiger partial charge < -0.3 is 4.74 Å². The van der Waals surface area contributed by atoms with Gasteiger partial charge in [-0.2, -0.15) is 0 Å². The summed E-state index contributed by atoms with van der Waals surface area (Å²) in [7, 11) is 1.57. The highest BCUT2D eigenvalue weighted by Crippen LogP contribution is 2.39. The van der Waals surface area contributed by atoms with Gasteiger partial charge in [-0.25, -0.2) is 18.6 Å². The number of ether oxygens (including phenoxy) is 1. The van der Waals surface area contributed by atoms with Crippen LogP contribution in [0.1, 0.15) is 36.2 Å². The van der Waals surface area contributed by atoms with Crippen molar-refractivity contribution in [1.82, 2.24) is 19.7 Å². The molecule has 11 heteroatoms. The van der Waals surface area contributed by atoms with Gasteiger partial charge in [0.15, 0.2) is 11.0 Å². The summed E-state index contributed by atoms with van der Waals surface area (Å²) in [5, 5.41) is 4.57. The summed E-state index contributed by atoms with van der Waals surface area (Å²) in [5.74, 6) is -1.86. The lowest BCUT2D eigenvalue weighted by Gasteiger charge is -2.28. The second-order valence-corrected chi connectivity index (χ2v) is 11.1. The van der Waals surface area contributed by atoms with Gasteiger partial charge in [-0.1, -0.05) is 66.1 Å². The molecule has 7 nitrogen and oxygen atoms in total. The molecule has 2 aromatic heterocycles. The predicted molar refractivity (Wildman–Crippen MR) is 150 cm³/mol. The van der Waals surface area contributed by atoms with Crippen LogP contribution in [0.2, 0.25) is 5.02 Å². The molecule has 0 aliphatic rings. The van der Waals surface area contributed by atoms with Gasteiger partial charge in [0, 0.05) is 28.0 Å². The Hall–Kier alpha value is -3.89. The third kappa shape index (κ3) is 5.29. The van der Waals surface area contributed by atoms with Crippen LogP contribution in [0, 0.1) is 18.6 Å². The van der Waals surface area contributed by atoms with Crippen LogP contribution < -0.4 is 10.5 Å². The quantitative estimate of drug-likeness (QED) is 0.197. The molecule has 0 aliphatic carbocycles. The maximum atomic E-state index is 15.0. The SMILES string of the molecule is COc1cc(C(C)(C)c2cnc(SCc3c(F)cc(-c4noc(=O)[nH]4)cc3F)n2-c2ccc(C)cc2)ccc1Cl. The Morgan fingerprint density at radius 2 is 1.80 bits per heavy atom. The molecule has 5 rings (SSSR count). The number of nitrogens with zero attached hydrogens (tertiary/aromatic N) is 3. The molecule has 2 heterocycles. The first-order valence-corrected chi connectivity index (χ1v) is 13.6. The summed E-state index contributed by atoms with van der Waals surface area (Å²) < 4.78 is 42.0. The molecule has 0 amide bonds. The molecule has 0 fully saturated rings. The van der Waals surface area contributed by atoms with E-state index in [1.807, 2.05) is 47.9 Å². The number of aromatic amines is 1. The summed E-state index contributed by atoms with van der Waals surface area (Å²) in [4.78, 5) is 18.2. The van der Waals surface area contributed by atoms with Gasteiger partial charge in [-0.05, 0) is 48.9 Å². The molecule has 3 aromatic carbocycles. The van der Waals surface area contributed by atoms with Crippen LogP contribution in [-0.4, -0.2) is 26.8 Å². The fraction of sp³-hybridized carbons (Fsp3) is 0.207. The molecule has 0 saturated carbocycles. The average Bonchev–Trinajstić information content (AvgIpc) is 3.55. The van der Waals surface area contributed by atoms with Crippen LogP contribution in [0.15, 0.2) is 75.3 Å². The lowest BCUT2D eigenvalue weighted by molar-refractivity contribution is 0.388. The Kier molecular flexibility index (Phi) is 7.57. The molecular formula is C29H25ClF2N4O3S. The summed E-state index contributed by atoms with van der Waals surface area (Å²) in [6, 6.07) is 15.8. The number of rotatable bonds is 8. The van der Waals surface area contributed by atoms with Gasteiger partial charge in [0.05, 0.1) is 24.0 Å². The van der Waals surface area contributed by atoms with E-state index in [4.69, 9.17) is 16.3 Å². The third-order valence-electron chi connectivity index (χ3n) is 6.74. The molecule has 0 aliphatic heterocycles. The van der Waals surface area contributed by atoms with Crippen LogP contribution in [0.5, 0.6) is 5.75 Å². The van der Waals surface area contributed by atoms with Crippen LogP contribution in [0.4, 0.5) is 8.78 Å². The highest BCUT2D eigenvalue weighted by molar-refractivity contribution is 7.98. The number of methoxy groups -OCH3 is 1. The number of H-pyrrole nitrogens is 1. The number of aryl methyl sites for hydroxylation is 1. The molecule has 206 valence electrons. The monoisotopic (exact) mass is 582 g/mol. The van der Waals surface area contributed by atoms with E-state index < -0.39 is 22.8 Å². The van der Waals surface area contributed by atoms with Gasteiger partial charge >= 0.3 is 5.76 Å². The zero-order valence-corrected chi connectivity index (χ0v) is 23.7. The van der Waals surface area contributed by atoms with Crippen molar-refractivity contribution in [3.05, 3.63) is 110 Å². The van der Waals surface area contributed by atoms with E-state index in [2.05, 4.69) is 33.5 Å². The van der Waals surface area contributed by atoms with E-state index in [0.717, 1.165) is 34.6 Å². The Morgan fingerprint density at radius 1 is 1.10 bits per heavy atom. The number of thioether (sulfide) groups is 1. The second-order valence-electron chi connectivity index (χ2n) is 9.72. The number of imidazole rings is 1. The second kappa shape index (κ2) is 10.9. The molecule has 0 saturated heterocycles. The summed E-state index contributed by atoms with van der Waals surface area (Å²) >= 11 is 7.49. The van der Waals surface area contributed by atoms with Crippen molar-refractivity contribution in [2.75, 3.05) is 7.11 Å². The number of benzene rings is 3. The molecule has 0 radical (unpaired) electrons. The summed E-state index contributed by atoms with van der Waals surface area (Å²) in [6.07, 6.45) is 1.78. The Balaban J connectivity index is 1.53. The number of aromatic nitrogens is 4. The van der Waals surface area contributed by atoms with Crippen LogP contribution in [0.25, 0.3) is 17.1 Å². The summed E-state index contributed by atoms with van der Waals surface area (Å²) in [5.41, 5.74) is 3.19. The fourth-order valence-corrected chi connectivity index (χ4v) is 5.59. The molecule has 5 aromatic rings. The van der Waals surface area contributed by atoms with Gasteiger partial charge in [0.2, 0.25) is 0 Å². The molecular weight excluding hydrogens is 558 g/mol. The number of hydrogen-bond donors (Lipinski definition) is 1.